The number of alkyl halides is 1. The van der Waals surface area contributed by atoms with Crippen LogP contribution in [-0.2, 0) is 0 Å². The Kier molecular flexibility index (Phi) is 7.98. The third-order valence-corrected chi connectivity index (χ3v) is 2.20. The van der Waals surface area contributed by atoms with E-state index in [1.807, 2.05) is 13.0 Å². The van der Waals surface area contributed by atoms with Gasteiger partial charge in [-0.1, -0.05) is 43.7 Å². The molecule has 0 rings (SSSR count). The van der Waals surface area contributed by atoms with Crippen LogP contribution in [0.3, 0.4) is 0 Å². The summed E-state index contributed by atoms with van der Waals surface area (Å²) in [5.41, 5.74) is 2.23. The van der Waals surface area contributed by atoms with Crippen molar-refractivity contribution in [1.82, 2.24) is 0 Å². The van der Waals surface area contributed by atoms with Crippen molar-refractivity contribution in [1.29, 1.82) is 0 Å². The first-order chi connectivity index (χ1) is 7.10. The lowest BCUT2D eigenvalue weighted by molar-refractivity contribution is 0.534. The van der Waals surface area contributed by atoms with E-state index in [4.69, 9.17) is 0 Å². The maximum absolute atomic E-state index is 12.3. The number of allylic oxidation sites excluding steroid dienone is 6. The van der Waals surface area contributed by atoms with E-state index < -0.39 is 0 Å². The van der Waals surface area contributed by atoms with Crippen molar-refractivity contribution in [3.63, 3.8) is 0 Å². The quantitative estimate of drug-likeness (QED) is 0.550. The fourth-order valence-corrected chi connectivity index (χ4v) is 1.40. The zero-order valence-corrected chi connectivity index (χ0v) is 10.4. The van der Waals surface area contributed by atoms with E-state index in [2.05, 4.69) is 39.0 Å². The van der Waals surface area contributed by atoms with Gasteiger partial charge in [0.25, 0.3) is 0 Å². The summed E-state index contributed by atoms with van der Waals surface area (Å²) >= 11 is 0. The monoisotopic (exact) mass is 210 g/mol. The summed E-state index contributed by atoms with van der Waals surface area (Å²) in [4.78, 5) is 0. The molecule has 0 bridgehead atoms. The second-order valence-electron chi connectivity index (χ2n) is 4.12. The van der Waals surface area contributed by atoms with E-state index in [0.29, 0.717) is 5.92 Å². The summed E-state index contributed by atoms with van der Waals surface area (Å²) in [6, 6.07) is 0. The van der Waals surface area contributed by atoms with Gasteiger partial charge in [0.05, 0.1) is 0 Å². The number of hydrogen-bond donors (Lipinski definition) is 0. The molecule has 0 amide bonds. The maximum atomic E-state index is 12.3. The van der Waals surface area contributed by atoms with Crippen LogP contribution in [0.4, 0.5) is 4.39 Å². The Morgan fingerprint density at radius 1 is 1.33 bits per heavy atom. The Balaban J connectivity index is 3.99. The zero-order valence-electron chi connectivity index (χ0n) is 10.4. The molecule has 0 radical (unpaired) electrons. The largest absolute Gasteiger partial charge is 0.246 e. The zero-order chi connectivity index (χ0) is 11.7. The molecule has 0 saturated heterocycles. The van der Waals surface area contributed by atoms with E-state index >= 15 is 0 Å². The average Bonchev–Trinajstić information content (AvgIpc) is 2.17. The van der Waals surface area contributed by atoms with Gasteiger partial charge >= 0.3 is 0 Å². The fourth-order valence-electron chi connectivity index (χ4n) is 1.40. The molecule has 0 aromatic carbocycles. The Labute approximate surface area is 93.6 Å². The molecule has 0 spiro atoms. The molecule has 0 heterocycles. The topological polar surface area (TPSA) is 0 Å². The Hall–Kier alpha value is -0.850. The molecule has 0 aliphatic carbocycles. The predicted octanol–water partition coefficient (Wildman–Crippen LogP) is 4.84. The molecule has 0 aliphatic rings. The van der Waals surface area contributed by atoms with Gasteiger partial charge in [0.15, 0.2) is 0 Å². The van der Waals surface area contributed by atoms with Crippen LogP contribution in [0.2, 0.25) is 0 Å². The number of hydrogen-bond acceptors (Lipinski definition) is 0. The molecule has 0 nitrogen and oxygen atoms in total. The SMILES string of the molecule is CC/C(=C\C/C=C\C(C)C=C(C)C)CF. The van der Waals surface area contributed by atoms with Gasteiger partial charge in [0, 0.05) is 0 Å². The van der Waals surface area contributed by atoms with Crippen LogP contribution in [0.5, 0.6) is 0 Å². The van der Waals surface area contributed by atoms with Gasteiger partial charge in [-0.3, -0.25) is 0 Å². The molecule has 1 heteroatoms. The van der Waals surface area contributed by atoms with Gasteiger partial charge in [0.2, 0.25) is 0 Å². The molecular formula is C14H23F. The third-order valence-electron chi connectivity index (χ3n) is 2.20. The van der Waals surface area contributed by atoms with Gasteiger partial charge in [-0.25, -0.2) is 4.39 Å². The number of rotatable bonds is 6. The fraction of sp³-hybridized carbons (Fsp3) is 0.571. The van der Waals surface area contributed by atoms with Crippen LogP contribution in [0.15, 0.2) is 35.5 Å². The van der Waals surface area contributed by atoms with Crippen molar-refractivity contribution in [3.05, 3.63) is 35.5 Å². The third kappa shape index (κ3) is 8.17. The van der Waals surface area contributed by atoms with Crippen molar-refractivity contribution in [2.24, 2.45) is 5.92 Å². The van der Waals surface area contributed by atoms with Crippen LogP contribution >= 0.6 is 0 Å². The standard InChI is InChI=1S/C14H23F/c1-5-14(11-15)9-7-6-8-13(4)10-12(2)3/h6,8-10,13H,5,7,11H2,1-4H3/b8-6-,14-9+. The Morgan fingerprint density at radius 3 is 2.47 bits per heavy atom. The Morgan fingerprint density at radius 2 is 2.00 bits per heavy atom. The van der Waals surface area contributed by atoms with Crippen LogP contribution in [0.25, 0.3) is 0 Å². The van der Waals surface area contributed by atoms with Crippen molar-refractivity contribution in [3.8, 4) is 0 Å². The summed E-state index contributed by atoms with van der Waals surface area (Å²) in [7, 11) is 0. The summed E-state index contributed by atoms with van der Waals surface area (Å²) < 4.78 is 12.3. The van der Waals surface area contributed by atoms with Crippen LogP contribution in [0.1, 0.15) is 40.5 Å². The normalized spacial score (nSPS) is 14.3. The second kappa shape index (κ2) is 8.46. The summed E-state index contributed by atoms with van der Waals surface area (Å²) in [5, 5.41) is 0. The second-order valence-corrected chi connectivity index (χ2v) is 4.12. The molecule has 86 valence electrons. The van der Waals surface area contributed by atoms with Crippen LogP contribution < -0.4 is 0 Å². The molecule has 0 saturated carbocycles. The molecule has 15 heavy (non-hydrogen) atoms. The van der Waals surface area contributed by atoms with E-state index in [1.54, 1.807) is 0 Å². The lowest BCUT2D eigenvalue weighted by Gasteiger charge is -1.99. The predicted molar refractivity (Wildman–Crippen MR) is 66.7 cm³/mol. The van der Waals surface area contributed by atoms with Gasteiger partial charge in [0.1, 0.15) is 6.67 Å². The van der Waals surface area contributed by atoms with Gasteiger partial charge in [-0.15, -0.1) is 0 Å². The van der Waals surface area contributed by atoms with E-state index in [-0.39, 0.29) is 6.67 Å². The van der Waals surface area contributed by atoms with Crippen LogP contribution in [-0.4, -0.2) is 6.67 Å². The molecule has 0 aromatic heterocycles. The Bertz CT molecular complexity index is 236. The highest BCUT2D eigenvalue weighted by atomic mass is 19.1. The maximum Gasteiger partial charge on any atom is 0.111 e. The molecule has 0 aromatic rings. The van der Waals surface area contributed by atoms with E-state index in [0.717, 1.165) is 18.4 Å². The van der Waals surface area contributed by atoms with Crippen LogP contribution in [0, 0.1) is 5.92 Å². The first-order valence-corrected chi connectivity index (χ1v) is 5.65. The lowest BCUT2D eigenvalue weighted by atomic mass is 10.1. The minimum absolute atomic E-state index is 0.312. The summed E-state index contributed by atoms with van der Waals surface area (Å²) in [6.07, 6.45) is 10.1. The van der Waals surface area contributed by atoms with Gasteiger partial charge < -0.3 is 0 Å². The summed E-state index contributed by atoms with van der Waals surface area (Å²) in [6.45, 7) is 8.03. The molecule has 1 atom stereocenters. The lowest BCUT2D eigenvalue weighted by Crippen LogP contribution is -1.84. The highest BCUT2D eigenvalue weighted by Crippen LogP contribution is 2.07. The number of halogens is 1. The molecule has 0 N–H and O–H groups in total. The molecule has 0 fully saturated rings. The minimum Gasteiger partial charge on any atom is -0.246 e. The van der Waals surface area contributed by atoms with Gasteiger partial charge in [-0.2, -0.15) is 0 Å². The van der Waals surface area contributed by atoms with E-state index in [1.165, 1.54) is 5.57 Å². The summed E-state index contributed by atoms with van der Waals surface area (Å²) in [5.74, 6) is 0.471. The molecule has 0 aliphatic heterocycles. The van der Waals surface area contributed by atoms with Crippen molar-refractivity contribution >= 4 is 0 Å². The van der Waals surface area contributed by atoms with E-state index in [9.17, 15) is 4.39 Å². The highest BCUT2D eigenvalue weighted by molar-refractivity contribution is 5.08. The van der Waals surface area contributed by atoms with Crippen molar-refractivity contribution in [2.75, 3.05) is 6.67 Å². The first-order valence-electron chi connectivity index (χ1n) is 5.65. The smallest absolute Gasteiger partial charge is 0.111 e. The average molecular weight is 210 g/mol. The minimum atomic E-state index is -0.312. The van der Waals surface area contributed by atoms with Crippen molar-refractivity contribution in [2.45, 2.75) is 40.5 Å². The highest BCUT2D eigenvalue weighted by Gasteiger charge is 1.91. The molecular weight excluding hydrogens is 187 g/mol. The molecule has 1 unspecified atom stereocenters. The van der Waals surface area contributed by atoms with Gasteiger partial charge in [-0.05, 0) is 38.2 Å². The first kappa shape index (κ1) is 14.2. The van der Waals surface area contributed by atoms with Crippen molar-refractivity contribution < 1.29 is 4.39 Å².